The molecule has 0 unspecified atom stereocenters. The highest BCUT2D eigenvalue weighted by Gasteiger charge is 2.26. The molecule has 1 fully saturated rings. The molecule has 0 aromatic heterocycles. The Balaban J connectivity index is 1.57. The van der Waals surface area contributed by atoms with Crippen LogP contribution in [-0.2, 0) is 27.8 Å². The molecule has 0 radical (unpaired) electrons. The van der Waals surface area contributed by atoms with Gasteiger partial charge >= 0.3 is 0 Å². The number of rotatable bonds is 7. The molecule has 156 valence electrons. The maximum absolute atomic E-state index is 13.9. The lowest BCUT2D eigenvalue weighted by Crippen LogP contribution is -2.28. The van der Waals surface area contributed by atoms with Crippen molar-refractivity contribution in [1.82, 2.24) is 9.21 Å². The van der Waals surface area contributed by atoms with Gasteiger partial charge in [0.15, 0.2) is 0 Å². The van der Waals surface area contributed by atoms with Gasteiger partial charge in [-0.15, -0.1) is 0 Å². The van der Waals surface area contributed by atoms with Crippen LogP contribution in [0.1, 0.15) is 30.4 Å². The number of sulfonamides is 1. The second-order valence-electron chi connectivity index (χ2n) is 7.21. The standard InChI is InChI=1S/C21H24ClFN2O3S/c1-24(15-18-19(22)5-4-6-20(18)23)21(26)12-9-16-7-10-17(11-8-16)29(27,28)25-13-2-3-14-25/h4-8,10-11H,2-3,9,12-15H2,1H3. The Morgan fingerprint density at radius 2 is 1.79 bits per heavy atom. The average Bonchev–Trinajstić information content (AvgIpc) is 3.25. The summed E-state index contributed by atoms with van der Waals surface area (Å²) in [4.78, 5) is 14.1. The quantitative estimate of drug-likeness (QED) is 0.659. The van der Waals surface area contributed by atoms with Crippen molar-refractivity contribution in [2.24, 2.45) is 0 Å². The van der Waals surface area contributed by atoms with Gasteiger partial charge < -0.3 is 4.90 Å². The first-order chi connectivity index (χ1) is 13.8. The molecular weight excluding hydrogens is 415 g/mol. The van der Waals surface area contributed by atoms with Crippen LogP contribution < -0.4 is 0 Å². The summed E-state index contributed by atoms with van der Waals surface area (Å²) >= 11 is 6.02. The van der Waals surface area contributed by atoms with Gasteiger partial charge in [0.1, 0.15) is 5.82 Å². The SMILES string of the molecule is CN(Cc1c(F)cccc1Cl)C(=O)CCc1ccc(S(=O)(=O)N2CCCC2)cc1. The second-order valence-corrected chi connectivity index (χ2v) is 9.55. The van der Waals surface area contributed by atoms with Crippen molar-refractivity contribution in [1.29, 1.82) is 0 Å². The molecule has 5 nitrogen and oxygen atoms in total. The maximum Gasteiger partial charge on any atom is 0.243 e. The van der Waals surface area contributed by atoms with E-state index in [9.17, 15) is 17.6 Å². The normalized spacial score (nSPS) is 14.9. The molecular formula is C21H24ClFN2O3S. The van der Waals surface area contributed by atoms with Crippen LogP contribution in [0.2, 0.25) is 5.02 Å². The number of nitrogens with zero attached hydrogens (tertiary/aromatic N) is 2. The largest absolute Gasteiger partial charge is 0.341 e. The van der Waals surface area contributed by atoms with Crippen LogP contribution >= 0.6 is 11.6 Å². The fourth-order valence-corrected chi connectivity index (χ4v) is 5.10. The Bertz CT molecular complexity index is 954. The molecule has 1 heterocycles. The molecule has 0 atom stereocenters. The third-order valence-electron chi connectivity index (χ3n) is 5.14. The Hall–Kier alpha value is -1.96. The van der Waals surface area contributed by atoms with Gasteiger partial charge in [0.25, 0.3) is 0 Å². The number of carbonyl (C=O) groups is 1. The molecule has 2 aromatic carbocycles. The molecule has 1 aliphatic heterocycles. The number of aryl methyl sites for hydroxylation is 1. The molecule has 3 rings (SSSR count). The van der Waals surface area contributed by atoms with Crippen LogP contribution in [0.25, 0.3) is 0 Å². The van der Waals surface area contributed by atoms with Crippen LogP contribution in [-0.4, -0.2) is 43.7 Å². The van der Waals surface area contributed by atoms with Crippen LogP contribution in [0.15, 0.2) is 47.4 Å². The van der Waals surface area contributed by atoms with Crippen molar-refractivity contribution >= 4 is 27.5 Å². The van der Waals surface area contributed by atoms with Crippen molar-refractivity contribution in [2.45, 2.75) is 37.1 Å². The van der Waals surface area contributed by atoms with E-state index < -0.39 is 15.8 Å². The molecule has 0 spiro atoms. The van der Waals surface area contributed by atoms with Gasteiger partial charge in [-0.25, -0.2) is 12.8 Å². The Morgan fingerprint density at radius 3 is 2.41 bits per heavy atom. The predicted octanol–water partition coefficient (Wildman–Crippen LogP) is 3.85. The van der Waals surface area contributed by atoms with Crippen LogP contribution in [0.4, 0.5) is 4.39 Å². The number of carbonyl (C=O) groups excluding carboxylic acids is 1. The molecule has 0 saturated carbocycles. The molecule has 1 aliphatic rings. The molecule has 1 saturated heterocycles. The topological polar surface area (TPSA) is 57.7 Å². The first-order valence-electron chi connectivity index (χ1n) is 9.55. The van der Waals surface area contributed by atoms with Gasteiger partial charge in [0.05, 0.1) is 4.90 Å². The van der Waals surface area contributed by atoms with E-state index in [-0.39, 0.29) is 23.8 Å². The predicted molar refractivity (Wildman–Crippen MR) is 111 cm³/mol. The van der Waals surface area contributed by atoms with Gasteiger partial charge in [-0.2, -0.15) is 4.31 Å². The lowest BCUT2D eigenvalue weighted by atomic mass is 10.1. The molecule has 0 bridgehead atoms. The van der Waals surface area contributed by atoms with E-state index >= 15 is 0 Å². The number of halogens is 2. The molecule has 0 aliphatic carbocycles. The van der Waals surface area contributed by atoms with E-state index in [4.69, 9.17) is 11.6 Å². The first kappa shape index (κ1) is 21.7. The molecule has 1 amide bonds. The van der Waals surface area contributed by atoms with Crippen molar-refractivity contribution in [3.05, 3.63) is 64.4 Å². The highest BCUT2D eigenvalue weighted by atomic mass is 35.5. The first-order valence-corrected chi connectivity index (χ1v) is 11.4. The van der Waals surface area contributed by atoms with Crippen LogP contribution in [0, 0.1) is 5.82 Å². The molecule has 0 N–H and O–H groups in total. The third kappa shape index (κ3) is 5.15. The molecule has 29 heavy (non-hydrogen) atoms. The smallest absolute Gasteiger partial charge is 0.243 e. The summed E-state index contributed by atoms with van der Waals surface area (Å²) < 4.78 is 40.5. The fourth-order valence-electron chi connectivity index (χ4n) is 3.36. The van der Waals surface area contributed by atoms with Crippen molar-refractivity contribution in [3.63, 3.8) is 0 Å². The zero-order valence-corrected chi connectivity index (χ0v) is 17.8. The minimum Gasteiger partial charge on any atom is -0.341 e. The van der Waals surface area contributed by atoms with E-state index in [0.29, 0.717) is 30.1 Å². The summed E-state index contributed by atoms with van der Waals surface area (Å²) in [6.07, 6.45) is 2.50. The van der Waals surface area contributed by atoms with Gasteiger partial charge in [-0.05, 0) is 49.1 Å². The zero-order chi connectivity index (χ0) is 21.0. The summed E-state index contributed by atoms with van der Waals surface area (Å²) in [6, 6.07) is 11.1. The summed E-state index contributed by atoms with van der Waals surface area (Å²) in [5, 5.41) is 0.291. The van der Waals surface area contributed by atoms with Gasteiger partial charge in [0.2, 0.25) is 15.9 Å². The van der Waals surface area contributed by atoms with Gasteiger partial charge in [0, 0.05) is 43.7 Å². The van der Waals surface area contributed by atoms with Crippen LogP contribution in [0.3, 0.4) is 0 Å². The number of benzene rings is 2. The average molecular weight is 439 g/mol. The molecule has 8 heteroatoms. The van der Waals surface area contributed by atoms with E-state index in [1.807, 2.05) is 0 Å². The zero-order valence-electron chi connectivity index (χ0n) is 16.3. The Kier molecular flexibility index (Phi) is 6.93. The fraction of sp³-hybridized carbons (Fsp3) is 0.381. The van der Waals surface area contributed by atoms with Gasteiger partial charge in [-0.1, -0.05) is 29.8 Å². The van der Waals surface area contributed by atoms with E-state index in [1.165, 1.54) is 21.3 Å². The van der Waals surface area contributed by atoms with E-state index in [1.54, 1.807) is 37.4 Å². The van der Waals surface area contributed by atoms with Gasteiger partial charge in [-0.3, -0.25) is 4.79 Å². The van der Waals surface area contributed by atoms with Crippen molar-refractivity contribution in [3.8, 4) is 0 Å². The summed E-state index contributed by atoms with van der Waals surface area (Å²) in [7, 11) is -1.82. The number of hydrogen-bond donors (Lipinski definition) is 0. The maximum atomic E-state index is 13.9. The minimum absolute atomic E-state index is 0.0946. The second kappa shape index (κ2) is 9.24. The van der Waals surface area contributed by atoms with E-state index in [2.05, 4.69) is 0 Å². The van der Waals surface area contributed by atoms with Crippen molar-refractivity contribution in [2.75, 3.05) is 20.1 Å². The highest BCUT2D eigenvalue weighted by Crippen LogP contribution is 2.22. The lowest BCUT2D eigenvalue weighted by Gasteiger charge is -2.18. The van der Waals surface area contributed by atoms with Crippen molar-refractivity contribution < 1.29 is 17.6 Å². The molecule has 2 aromatic rings. The summed E-state index contributed by atoms with van der Waals surface area (Å²) in [6.45, 7) is 1.23. The highest BCUT2D eigenvalue weighted by molar-refractivity contribution is 7.89. The Labute approximate surface area is 176 Å². The summed E-state index contributed by atoms with van der Waals surface area (Å²) in [5.41, 5.74) is 1.16. The monoisotopic (exact) mass is 438 g/mol. The van der Waals surface area contributed by atoms with Crippen LogP contribution in [0.5, 0.6) is 0 Å². The number of amides is 1. The van der Waals surface area contributed by atoms with E-state index in [0.717, 1.165) is 18.4 Å². The lowest BCUT2D eigenvalue weighted by molar-refractivity contribution is -0.130. The minimum atomic E-state index is -3.43. The third-order valence-corrected chi connectivity index (χ3v) is 7.40. The number of hydrogen-bond acceptors (Lipinski definition) is 3. The summed E-state index contributed by atoms with van der Waals surface area (Å²) in [5.74, 6) is -0.579. The Morgan fingerprint density at radius 1 is 1.14 bits per heavy atom.